The number of carbonyl (C=O) groups is 2. The van der Waals surface area contributed by atoms with Crippen LogP contribution in [0.5, 0.6) is 0 Å². The molecule has 0 unspecified atom stereocenters. The zero-order valence-corrected chi connectivity index (χ0v) is 17.0. The first-order valence-electron chi connectivity index (χ1n) is 9.64. The van der Waals surface area contributed by atoms with Gasteiger partial charge in [-0.25, -0.2) is 4.39 Å². The Labute approximate surface area is 175 Å². The third-order valence-electron chi connectivity index (χ3n) is 4.63. The fourth-order valence-corrected chi connectivity index (χ4v) is 3.05. The van der Waals surface area contributed by atoms with Crippen molar-refractivity contribution < 1.29 is 14.0 Å². The van der Waals surface area contributed by atoms with Crippen molar-refractivity contribution in [3.8, 4) is 0 Å². The molecule has 0 saturated carbocycles. The lowest BCUT2D eigenvalue weighted by molar-refractivity contribution is 0.0953. The average molecular weight is 405 g/mol. The molecule has 154 valence electrons. The Bertz CT molecular complexity index is 1020. The van der Waals surface area contributed by atoms with Gasteiger partial charge in [0, 0.05) is 37.6 Å². The van der Waals surface area contributed by atoms with Crippen LogP contribution in [0.15, 0.2) is 72.8 Å². The van der Waals surface area contributed by atoms with E-state index in [1.54, 1.807) is 18.2 Å². The molecule has 0 fully saturated rings. The maximum absolute atomic E-state index is 13.1. The highest BCUT2D eigenvalue weighted by molar-refractivity contribution is 6.06. The molecular weight excluding hydrogens is 381 g/mol. The molecule has 0 bridgehead atoms. The van der Waals surface area contributed by atoms with Crippen LogP contribution in [-0.4, -0.2) is 32.5 Å². The minimum absolute atomic E-state index is 0.215. The van der Waals surface area contributed by atoms with Gasteiger partial charge in [0.25, 0.3) is 11.8 Å². The number of nitrogens with zero attached hydrogens (tertiary/aromatic N) is 1. The van der Waals surface area contributed by atoms with Crippen LogP contribution < -0.4 is 15.5 Å². The molecule has 0 atom stereocenters. The van der Waals surface area contributed by atoms with Crippen molar-refractivity contribution in [1.82, 2.24) is 5.32 Å². The van der Waals surface area contributed by atoms with Crippen molar-refractivity contribution in [2.45, 2.75) is 6.42 Å². The largest absolute Gasteiger partial charge is 0.377 e. The maximum Gasteiger partial charge on any atom is 0.255 e. The van der Waals surface area contributed by atoms with E-state index in [9.17, 15) is 14.0 Å². The molecule has 2 amide bonds. The van der Waals surface area contributed by atoms with E-state index < -0.39 is 5.82 Å². The smallest absolute Gasteiger partial charge is 0.255 e. The van der Waals surface area contributed by atoms with Gasteiger partial charge in [-0.3, -0.25) is 9.59 Å². The Morgan fingerprint density at radius 3 is 2.27 bits per heavy atom. The summed E-state index contributed by atoms with van der Waals surface area (Å²) in [4.78, 5) is 27.1. The summed E-state index contributed by atoms with van der Waals surface area (Å²) in [6.45, 7) is 0.502. The summed E-state index contributed by atoms with van der Waals surface area (Å²) in [7, 11) is 3.71. The molecule has 0 radical (unpaired) electrons. The first-order valence-corrected chi connectivity index (χ1v) is 9.64. The van der Waals surface area contributed by atoms with Crippen LogP contribution in [0.4, 0.5) is 15.8 Å². The summed E-state index contributed by atoms with van der Waals surface area (Å²) >= 11 is 0. The fraction of sp³-hybridized carbons (Fsp3) is 0.167. The summed E-state index contributed by atoms with van der Waals surface area (Å²) in [6, 6.07) is 20.4. The second-order valence-electron chi connectivity index (χ2n) is 7.08. The van der Waals surface area contributed by atoms with Gasteiger partial charge in [-0.05, 0) is 54.4 Å². The summed E-state index contributed by atoms with van der Waals surface area (Å²) in [5, 5.41) is 5.70. The zero-order valence-electron chi connectivity index (χ0n) is 17.0. The SMILES string of the molecule is CN(C)c1ccc(NC(=O)c2ccc(F)cc2)cc1C(=O)NCCc1ccccc1. The van der Waals surface area contributed by atoms with Crippen molar-refractivity contribution >= 4 is 23.2 Å². The Morgan fingerprint density at radius 1 is 0.900 bits per heavy atom. The van der Waals surface area contributed by atoms with Crippen LogP contribution in [0.2, 0.25) is 0 Å². The zero-order chi connectivity index (χ0) is 21.5. The van der Waals surface area contributed by atoms with E-state index in [-0.39, 0.29) is 11.8 Å². The number of halogens is 1. The van der Waals surface area contributed by atoms with Gasteiger partial charge in [-0.2, -0.15) is 0 Å². The summed E-state index contributed by atoms with van der Waals surface area (Å²) in [5.41, 5.74) is 3.17. The van der Waals surface area contributed by atoms with Gasteiger partial charge in [0.05, 0.1) is 5.56 Å². The van der Waals surface area contributed by atoms with E-state index in [1.165, 1.54) is 24.3 Å². The van der Waals surface area contributed by atoms with E-state index in [0.717, 1.165) is 17.7 Å². The van der Waals surface area contributed by atoms with Gasteiger partial charge >= 0.3 is 0 Å². The van der Waals surface area contributed by atoms with E-state index >= 15 is 0 Å². The molecule has 0 aromatic heterocycles. The van der Waals surface area contributed by atoms with Crippen LogP contribution in [0.1, 0.15) is 26.3 Å². The Hall–Kier alpha value is -3.67. The predicted molar refractivity (Wildman–Crippen MR) is 118 cm³/mol. The summed E-state index contributed by atoms with van der Waals surface area (Å²) in [6.07, 6.45) is 0.727. The van der Waals surface area contributed by atoms with Gasteiger partial charge in [-0.15, -0.1) is 0 Å². The molecule has 0 aliphatic carbocycles. The highest BCUT2D eigenvalue weighted by atomic mass is 19.1. The Morgan fingerprint density at radius 2 is 1.60 bits per heavy atom. The standard InChI is InChI=1S/C24H24FN3O2/c1-28(2)22-13-12-20(27-23(29)18-8-10-19(25)11-9-18)16-21(22)24(30)26-15-14-17-6-4-3-5-7-17/h3-13,16H,14-15H2,1-2H3,(H,26,30)(H,27,29). The Balaban J connectivity index is 1.72. The third kappa shape index (κ3) is 5.44. The van der Waals surface area contributed by atoms with Gasteiger partial charge < -0.3 is 15.5 Å². The Kier molecular flexibility index (Phi) is 6.80. The van der Waals surface area contributed by atoms with Crippen molar-refractivity contribution in [3.63, 3.8) is 0 Å². The second-order valence-corrected chi connectivity index (χ2v) is 7.08. The minimum Gasteiger partial charge on any atom is -0.377 e. The van der Waals surface area contributed by atoms with E-state index in [0.29, 0.717) is 23.4 Å². The topological polar surface area (TPSA) is 61.4 Å². The predicted octanol–water partition coefficient (Wildman–Crippen LogP) is 4.12. The molecule has 2 N–H and O–H groups in total. The quantitative estimate of drug-likeness (QED) is 0.622. The van der Waals surface area contributed by atoms with Gasteiger partial charge in [0.2, 0.25) is 0 Å². The van der Waals surface area contributed by atoms with Crippen molar-refractivity contribution in [3.05, 3.63) is 95.3 Å². The molecular formula is C24H24FN3O2. The first kappa shape index (κ1) is 21.0. The number of amides is 2. The van der Waals surface area contributed by atoms with Gasteiger partial charge in [0.15, 0.2) is 0 Å². The number of benzene rings is 3. The van der Waals surface area contributed by atoms with Crippen molar-refractivity contribution in [1.29, 1.82) is 0 Å². The minimum atomic E-state index is -0.406. The molecule has 0 aliphatic heterocycles. The number of carbonyl (C=O) groups excluding carboxylic acids is 2. The van der Waals surface area contributed by atoms with Crippen LogP contribution in [0.25, 0.3) is 0 Å². The number of hydrogen-bond donors (Lipinski definition) is 2. The van der Waals surface area contributed by atoms with Crippen molar-refractivity contribution in [2.24, 2.45) is 0 Å². The molecule has 5 nitrogen and oxygen atoms in total. The highest BCUT2D eigenvalue weighted by Gasteiger charge is 2.15. The third-order valence-corrected chi connectivity index (χ3v) is 4.63. The van der Waals surface area contributed by atoms with Crippen molar-refractivity contribution in [2.75, 3.05) is 30.9 Å². The monoisotopic (exact) mass is 405 g/mol. The lowest BCUT2D eigenvalue weighted by atomic mass is 10.1. The van der Waals surface area contributed by atoms with E-state index in [1.807, 2.05) is 49.3 Å². The second kappa shape index (κ2) is 9.69. The number of nitrogens with one attached hydrogen (secondary N) is 2. The molecule has 0 aliphatic rings. The van der Waals surface area contributed by atoms with E-state index in [2.05, 4.69) is 10.6 Å². The highest BCUT2D eigenvalue weighted by Crippen LogP contribution is 2.23. The van der Waals surface area contributed by atoms with Crippen LogP contribution in [0, 0.1) is 5.82 Å². The number of anilines is 2. The molecule has 3 aromatic carbocycles. The van der Waals surface area contributed by atoms with E-state index in [4.69, 9.17) is 0 Å². The first-order chi connectivity index (χ1) is 14.4. The van der Waals surface area contributed by atoms with Gasteiger partial charge in [0.1, 0.15) is 5.82 Å². The fourth-order valence-electron chi connectivity index (χ4n) is 3.05. The normalized spacial score (nSPS) is 10.4. The average Bonchev–Trinajstić information content (AvgIpc) is 2.74. The molecule has 0 spiro atoms. The molecule has 0 saturated heterocycles. The maximum atomic E-state index is 13.1. The summed E-state index contributed by atoms with van der Waals surface area (Å²) in [5.74, 6) is -0.994. The lowest BCUT2D eigenvalue weighted by Gasteiger charge is -2.18. The lowest BCUT2D eigenvalue weighted by Crippen LogP contribution is -2.28. The summed E-state index contributed by atoms with van der Waals surface area (Å²) < 4.78 is 13.1. The molecule has 6 heteroatoms. The number of hydrogen-bond acceptors (Lipinski definition) is 3. The van der Waals surface area contributed by atoms with Crippen LogP contribution >= 0.6 is 0 Å². The molecule has 30 heavy (non-hydrogen) atoms. The molecule has 0 heterocycles. The number of rotatable bonds is 7. The van der Waals surface area contributed by atoms with Crippen LogP contribution in [0.3, 0.4) is 0 Å². The molecule has 3 aromatic rings. The van der Waals surface area contributed by atoms with Crippen LogP contribution in [-0.2, 0) is 6.42 Å². The molecule has 3 rings (SSSR count). The van der Waals surface area contributed by atoms with Gasteiger partial charge in [-0.1, -0.05) is 30.3 Å².